The van der Waals surface area contributed by atoms with Gasteiger partial charge in [-0.3, -0.25) is 4.79 Å². The fourth-order valence-electron chi connectivity index (χ4n) is 1.36. The van der Waals surface area contributed by atoms with Crippen LogP contribution in [0.25, 0.3) is 0 Å². The number of hydrogen-bond donors (Lipinski definition) is 3. The van der Waals surface area contributed by atoms with Gasteiger partial charge < -0.3 is 15.4 Å². The lowest BCUT2D eigenvalue weighted by atomic mass is 10.4. The highest BCUT2D eigenvalue weighted by Crippen LogP contribution is 1.97. The Balaban J connectivity index is 1.79. The molecule has 0 aliphatic rings. The van der Waals surface area contributed by atoms with Crippen molar-refractivity contribution in [2.45, 2.75) is 19.6 Å². The molecular weight excluding hydrogens is 242 g/mol. The number of aromatic nitrogens is 4. The highest BCUT2D eigenvalue weighted by atomic mass is 32.1. The molecule has 0 unspecified atom stereocenters. The van der Waals surface area contributed by atoms with Crippen molar-refractivity contribution < 1.29 is 5.11 Å². The molecule has 17 heavy (non-hydrogen) atoms. The molecule has 0 saturated heterocycles. The summed E-state index contributed by atoms with van der Waals surface area (Å²) in [5.74, 6) is 0. The van der Waals surface area contributed by atoms with Gasteiger partial charge in [-0.05, 0) is 0 Å². The Bertz CT molecular complexity index is 517. The number of aromatic amines is 1. The van der Waals surface area contributed by atoms with Crippen LogP contribution in [0.2, 0.25) is 0 Å². The van der Waals surface area contributed by atoms with Gasteiger partial charge in [-0.2, -0.15) is 0 Å². The smallest absolute Gasteiger partial charge is 0.304 e. The van der Waals surface area contributed by atoms with E-state index < -0.39 is 0 Å². The molecule has 2 aromatic heterocycles. The van der Waals surface area contributed by atoms with Crippen molar-refractivity contribution >= 4 is 11.3 Å². The van der Waals surface area contributed by atoms with Crippen LogP contribution < -0.4 is 10.2 Å². The van der Waals surface area contributed by atoms with E-state index in [0.29, 0.717) is 19.6 Å². The van der Waals surface area contributed by atoms with Crippen LogP contribution in [0.15, 0.2) is 16.4 Å². The van der Waals surface area contributed by atoms with Crippen LogP contribution in [0.4, 0.5) is 0 Å². The average molecular weight is 255 g/mol. The molecular formula is C9H13N5O2S. The summed E-state index contributed by atoms with van der Waals surface area (Å²) < 4.78 is 1.59. The molecule has 0 saturated carbocycles. The monoisotopic (exact) mass is 255 g/mol. The SMILES string of the molecule is O=c1[nH]c(CNCc2cn(CCO)nn2)cs1. The maximum absolute atomic E-state index is 10.9. The van der Waals surface area contributed by atoms with Gasteiger partial charge in [0.05, 0.1) is 18.8 Å². The first kappa shape index (κ1) is 12.0. The third kappa shape index (κ3) is 3.48. The first-order chi connectivity index (χ1) is 8.28. The summed E-state index contributed by atoms with van der Waals surface area (Å²) in [6.45, 7) is 1.66. The van der Waals surface area contributed by atoms with Crippen LogP contribution in [0.1, 0.15) is 11.4 Å². The predicted molar refractivity (Wildman–Crippen MR) is 62.6 cm³/mol. The molecule has 0 spiro atoms. The van der Waals surface area contributed by atoms with Crippen LogP contribution >= 0.6 is 11.3 Å². The standard InChI is InChI=1S/C9H13N5O2S/c15-2-1-14-5-7(12-13-14)3-10-4-8-6-17-9(16)11-8/h5-6,10,15H,1-4H2,(H,11,16). The Morgan fingerprint density at radius 2 is 2.41 bits per heavy atom. The van der Waals surface area contributed by atoms with Crippen LogP contribution in [0.3, 0.4) is 0 Å². The molecule has 7 nitrogen and oxygen atoms in total. The fraction of sp³-hybridized carbons (Fsp3) is 0.444. The van der Waals surface area contributed by atoms with Gasteiger partial charge in [-0.25, -0.2) is 4.68 Å². The number of aliphatic hydroxyl groups excluding tert-OH is 1. The summed E-state index contributed by atoms with van der Waals surface area (Å²) in [6, 6.07) is 0. The Labute approximate surface area is 101 Å². The van der Waals surface area contributed by atoms with Gasteiger partial charge in [0.1, 0.15) is 0 Å². The molecule has 3 N–H and O–H groups in total. The van der Waals surface area contributed by atoms with Gasteiger partial charge in [0.2, 0.25) is 0 Å². The van der Waals surface area contributed by atoms with E-state index in [9.17, 15) is 4.79 Å². The summed E-state index contributed by atoms with van der Waals surface area (Å²) >= 11 is 1.15. The molecule has 0 fully saturated rings. The van der Waals surface area contributed by atoms with E-state index in [4.69, 9.17) is 5.11 Å². The average Bonchev–Trinajstić information content (AvgIpc) is 2.89. The third-order valence-electron chi connectivity index (χ3n) is 2.11. The number of nitrogens with one attached hydrogen (secondary N) is 2. The van der Waals surface area contributed by atoms with Gasteiger partial charge in [-0.1, -0.05) is 16.6 Å². The van der Waals surface area contributed by atoms with E-state index in [-0.39, 0.29) is 11.5 Å². The van der Waals surface area contributed by atoms with Crippen molar-refractivity contribution in [1.82, 2.24) is 25.3 Å². The number of aliphatic hydroxyl groups is 1. The quantitative estimate of drug-likeness (QED) is 0.635. The molecule has 0 radical (unpaired) electrons. The van der Waals surface area contributed by atoms with Gasteiger partial charge >= 0.3 is 4.87 Å². The molecule has 2 aromatic rings. The van der Waals surface area contributed by atoms with Crippen molar-refractivity contribution in [2.75, 3.05) is 6.61 Å². The maximum Gasteiger partial charge on any atom is 0.304 e. The molecule has 0 aromatic carbocycles. The Morgan fingerprint density at radius 3 is 3.12 bits per heavy atom. The minimum absolute atomic E-state index is 0.0457. The topological polar surface area (TPSA) is 95.8 Å². The Morgan fingerprint density at radius 1 is 1.53 bits per heavy atom. The van der Waals surface area contributed by atoms with Crippen molar-refractivity contribution in [3.63, 3.8) is 0 Å². The Hall–Kier alpha value is -1.51. The summed E-state index contributed by atoms with van der Waals surface area (Å²) in [5.41, 5.74) is 1.67. The first-order valence-electron chi connectivity index (χ1n) is 5.15. The van der Waals surface area contributed by atoms with Crippen LogP contribution in [0, 0.1) is 0 Å². The van der Waals surface area contributed by atoms with Crippen molar-refractivity contribution in [2.24, 2.45) is 0 Å². The molecule has 0 aliphatic heterocycles. The van der Waals surface area contributed by atoms with Crippen molar-refractivity contribution in [1.29, 1.82) is 0 Å². The summed E-state index contributed by atoms with van der Waals surface area (Å²) in [5, 5.41) is 21.4. The lowest BCUT2D eigenvalue weighted by Gasteiger charge is -1.98. The van der Waals surface area contributed by atoms with E-state index in [1.54, 1.807) is 16.3 Å². The molecule has 0 atom stereocenters. The molecule has 8 heteroatoms. The van der Waals surface area contributed by atoms with Crippen LogP contribution in [-0.4, -0.2) is 31.7 Å². The molecule has 92 valence electrons. The van der Waals surface area contributed by atoms with Crippen LogP contribution in [-0.2, 0) is 19.6 Å². The second-order valence-electron chi connectivity index (χ2n) is 3.47. The Kier molecular flexibility index (Phi) is 4.02. The van der Waals surface area contributed by atoms with Gasteiger partial charge in [-0.15, -0.1) is 5.10 Å². The van der Waals surface area contributed by atoms with E-state index in [2.05, 4.69) is 20.6 Å². The van der Waals surface area contributed by atoms with Crippen LogP contribution in [0.5, 0.6) is 0 Å². The lowest BCUT2D eigenvalue weighted by Crippen LogP contribution is -2.14. The summed E-state index contributed by atoms with van der Waals surface area (Å²) in [6.07, 6.45) is 1.78. The third-order valence-corrected chi connectivity index (χ3v) is 2.83. The highest BCUT2D eigenvalue weighted by Gasteiger charge is 2.01. The second-order valence-corrected chi connectivity index (χ2v) is 4.32. The molecule has 0 aliphatic carbocycles. The lowest BCUT2D eigenvalue weighted by molar-refractivity contribution is 0.268. The molecule has 2 rings (SSSR count). The fourth-order valence-corrected chi connectivity index (χ4v) is 1.94. The van der Waals surface area contributed by atoms with Crippen molar-refractivity contribution in [3.05, 3.63) is 32.6 Å². The number of hydrogen-bond acceptors (Lipinski definition) is 6. The van der Waals surface area contributed by atoms with Crippen molar-refractivity contribution in [3.8, 4) is 0 Å². The first-order valence-corrected chi connectivity index (χ1v) is 6.03. The zero-order valence-corrected chi connectivity index (χ0v) is 9.90. The molecule has 0 amide bonds. The van der Waals surface area contributed by atoms with Gasteiger partial charge in [0.15, 0.2) is 0 Å². The van der Waals surface area contributed by atoms with E-state index >= 15 is 0 Å². The molecule has 0 bridgehead atoms. The minimum Gasteiger partial charge on any atom is -0.394 e. The number of H-pyrrole nitrogens is 1. The number of rotatable bonds is 6. The predicted octanol–water partition coefficient (Wildman–Crippen LogP) is -0.690. The largest absolute Gasteiger partial charge is 0.394 e. The zero-order chi connectivity index (χ0) is 12.1. The number of thiazole rings is 1. The van der Waals surface area contributed by atoms with E-state index in [0.717, 1.165) is 22.7 Å². The zero-order valence-electron chi connectivity index (χ0n) is 9.09. The highest BCUT2D eigenvalue weighted by molar-refractivity contribution is 7.07. The molecule has 2 heterocycles. The number of nitrogens with zero attached hydrogens (tertiary/aromatic N) is 3. The van der Waals surface area contributed by atoms with Gasteiger partial charge in [0.25, 0.3) is 0 Å². The summed E-state index contributed by atoms with van der Waals surface area (Å²) in [7, 11) is 0. The van der Waals surface area contributed by atoms with E-state index in [1.165, 1.54) is 0 Å². The normalized spacial score (nSPS) is 10.9. The summed E-state index contributed by atoms with van der Waals surface area (Å²) in [4.78, 5) is 13.6. The second kappa shape index (κ2) is 5.71. The minimum atomic E-state index is -0.0457. The van der Waals surface area contributed by atoms with E-state index in [1.807, 2.05) is 0 Å². The van der Waals surface area contributed by atoms with Gasteiger partial charge in [0, 0.05) is 30.4 Å². The maximum atomic E-state index is 10.9.